The summed E-state index contributed by atoms with van der Waals surface area (Å²) in [5, 5.41) is 5.50. The summed E-state index contributed by atoms with van der Waals surface area (Å²) in [5.74, 6) is -0.123. The second-order valence-corrected chi connectivity index (χ2v) is 7.64. The molecule has 1 aliphatic heterocycles. The Balaban J connectivity index is 1.44. The molecule has 1 amide bonds. The number of fused-ring (bicyclic) bond motifs is 1. The third-order valence-corrected chi connectivity index (χ3v) is 5.80. The van der Waals surface area contributed by atoms with Crippen LogP contribution < -0.4 is 11.1 Å². The van der Waals surface area contributed by atoms with Gasteiger partial charge in [0.05, 0.1) is 11.8 Å². The Morgan fingerprint density at radius 2 is 2.12 bits per heavy atom. The molecule has 1 aliphatic carbocycles. The molecule has 1 aromatic carbocycles. The molecular formula is C19H23N3O2S. The Morgan fingerprint density at radius 1 is 1.28 bits per heavy atom. The molecule has 3 N–H and O–H groups in total. The van der Waals surface area contributed by atoms with Gasteiger partial charge in [0.25, 0.3) is 5.91 Å². The molecule has 1 fully saturated rings. The highest BCUT2D eigenvalue weighted by atomic mass is 32.1. The first-order valence-corrected chi connectivity index (χ1v) is 9.85. The van der Waals surface area contributed by atoms with Crippen LogP contribution in [0.15, 0.2) is 23.6 Å². The maximum Gasteiger partial charge on any atom is 0.255 e. The third-order valence-electron chi connectivity index (χ3n) is 5.04. The number of rotatable bonds is 4. The minimum atomic E-state index is -0.412. The zero-order valence-corrected chi connectivity index (χ0v) is 15.0. The SMILES string of the molecule is NC[C@H]1CC[C@@H](C(=O)Nc2nc(-c3ccc4c(c3)CCCC4)cs2)O1. The van der Waals surface area contributed by atoms with E-state index in [-0.39, 0.29) is 12.0 Å². The van der Waals surface area contributed by atoms with Crippen LogP contribution in [0.5, 0.6) is 0 Å². The van der Waals surface area contributed by atoms with E-state index in [1.165, 1.54) is 41.7 Å². The van der Waals surface area contributed by atoms with Crippen LogP contribution in [0.25, 0.3) is 11.3 Å². The number of nitrogens with two attached hydrogens (primary N) is 1. The van der Waals surface area contributed by atoms with Crippen molar-refractivity contribution in [3.05, 3.63) is 34.7 Å². The number of aryl methyl sites for hydroxylation is 2. The first-order valence-electron chi connectivity index (χ1n) is 8.97. The first-order chi connectivity index (χ1) is 12.2. The van der Waals surface area contributed by atoms with Crippen molar-refractivity contribution in [3.63, 3.8) is 0 Å². The number of carbonyl (C=O) groups excluding carboxylic acids is 1. The number of ether oxygens (including phenoxy) is 1. The molecule has 2 atom stereocenters. The molecule has 2 aromatic rings. The maximum absolute atomic E-state index is 12.3. The smallest absolute Gasteiger partial charge is 0.255 e. The van der Waals surface area contributed by atoms with E-state index in [0.717, 1.165) is 30.5 Å². The number of hydrogen-bond donors (Lipinski definition) is 2. The molecular weight excluding hydrogens is 334 g/mol. The fourth-order valence-corrected chi connectivity index (χ4v) is 4.34. The summed E-state index contributed by atoms with van der Waals surface area (Å²) < 4.78 is 5.64. The van der Waals surface area contributed by atoms with Crippen LogP contribution in [0, 0.1) is 0 Å². The Labute approximate surface area is 151 Å². The molecule has 6 heteroatoms. The van der Waals surface area contributed by atoms with Gasteiger partial charge >= 0.3 is 0 Å². The van der Waals surface area contributed by atoms with Gasteiger partial charge in [0.2, 0.25) is 0 Å². The minimum Gasteiger partial charge on any atom is -0.364 e. The van der Waals surface area contributed by atoms with E-state index in [2.05, 4.69) is 28.5 Å². The van der Waals surface area contributed by atoms with Crippen LogP contribution >= 0.6 is 11.3 Å². The van der Waals surface area contributed by atoms with Crippen LogP contribution in [0.4, 0.5) is 5.13 Å². The van der Waals surface area contributed by atoms with Crippen molar-refractivity contribution in [2.75, 3.05) is 11.9 Å². The molecule has 1 saturated heterocycles. The van der Waals surface area contributed by atoms with Crippen molar-refractivity contribution in [2.24, 2.45) is 5.73 Å². The lowest BCUT2D eigenvalue weighted by molar-refractivity contribution is -0.126. The van der Waals surface area contributed by atoms with Crippen LogP contribution in [0.2, 0.25) is 0 Å². The molecule has 25 heavy (non-hydrogen) atoms. The average molecular weight is 357 g/mol. The zero-order chi connectivity index (χ0) is 17.2. The molecule has 132 valence electrons. The lowest BCUT2D eigenvalue weighted by atomic mass is 9.90. The van der Waals surface area contributed by atoms with Gasteiger partial charge < -0.3 is 10.5 Å². The maximum atomic E-state index is 12.3. The molecule has 0 unspecified atom stereocenters. The number of amides is 1. The summed E-state index contributed by atoms with van der Waals surface area (Å²) in [5.41, 5.74) is 10.5. The van der Waals surface area contributed by atoms with Crippen molar-refractivity contribution in [2.45, 2.75) is 50.7 Å². The topological polar surface area (TPSA) is 77.2 Å². The molecule has 5 nitrogen and oxygen atoms in total. The lowest BCUT2D eigenvalue weighted by Crippen LogP contribution is -2.29. The highest BCUT2D eigenvalue weighted by Crippen LogP contribution is 2.30. The van der Waals surface area contributed by atoms with E-state index in [9.17, 15) is 4.79 Å². The average Bonchev–Trinajstić information content (AvgIpc) is 3.30. The van der Waals surface area contributed by atoms with Gasteiger partial charge in [0, 0.05) is 17.5 Å². The van der Waals surface area contributed by atoms with E-state index in [4.69, 9.17) is 10.5 Å². The van der Waals surface area contributed by atoms with Crippen molar-refractivity contribution < 1.29 is 9.53 Å². The van der Waals surface area contributed by atoms with Crippen molar-refractivity contribution in [3.8, 4) is 11.3 Å². The summed E-state index contributed by atoms with van der Waals surface area (Å²) in [7, 11) is 0. The van der Waals surface area contributed by atoms with E-state index in [1.807, 2.05) is 5.38 Å². The van der Waals surface area contributed by atoms with Crippen LogP contribution in [0.1, 0.15) is 36.8 Å². The predicted molar refractivity (Wildman–Crippen MR) is 99.8 cm³/mol. The monoisotopic (exact) mass is 357 g/mol. The quantitative estimate of drug-likeness (QED) is 0.881. The molecule has 0 saturated carbocycles. The third kappa shape index (κ3) is 3.61. The number of anilines is 1. The summed E-state index contributed by atoms with van der Waals surface area (Å²) in [4.78, 5) is 16.9. The largest absolute Gasteiger partial charge is 0.364 e. The van der Waals surface area contributed by atoms with Crippen molar-refractivity contribution in [1.29, 1.82) is 0 Å². The molecule has 0 spiro atoms. The van der Waals surface area contributed by atoms with Gasteiger partial charge in [-0.3, -0.25) is 10.1 Å². The number of nitrogens with zero attached hydrogens (tertiary/aromatic N) is 1. The minimum absolute atomic E-state index is 0.00176. The van der Waals surface area contributed by atoms with Gasteiger partial charge in [-0.05, 0) is 55.7 Å². The molecule has 0 radical (unpaired) electrons. The molecule has 1 aromatic heterocycles. The summed E-state index contributed by atoms with van der Waals surface area (Å²) in [6.07, 6.45) is 6.02. The number of hydrogen-bond acceptors (Lipinski definition) is 5. The molecule has 2 heterocycles. The van der Waals surface area contributed by atoms with E-state index < -0.39 is 6.10 Å². The molecule has 0 bridgehead atoms. The van der Waals surface area contributed by atoms with Gasteiger partial charge in [-0.25, -0.2) is 4.98 Å². The highest BCUT2D eigenvalue weighted by molar-refractivity contribution is 7.14. The number of aromatic nitrogens is 1. The van der Waals surface area contributed by atoms with Gasteiger partial charge in [0.1, 0.15) is 6.10 Å². The van der Waals surface area contributed by atoms with Gasteiger partial charge in [-0.15, -0.1) is 11.3 Å². The highest BCUT2D eigenvalue weighted by Gasteiger charge is 2.30. The van der Waals surface area contributed by atoms with Gasteiger partial charge in [0.15, 0.2) is 5.13 Å². The fourth-order valence-electron chi connectivity index (χ4n) is 3.61. The summed E-state index contributed by atoms with van der Waals surface area (Å²) in [6.45, 7) is 0.462. The lowest BCUT2D eigenvalue weighted by Gasteiger charge is -2.16. The van der Waals surface area contributed by atoms with Crippen molar-refractivity contribution >= 4 is 22.4 Å². The second kappa shape index (κ2) is 7.23. The van der Waals surface area contributed by atoms with Gasteiger partial charge in [-0.1, -0.05) is 12.1 Å². The normalized spacial score (nSPS) is 22.6. The number of benzene rings is 1. The number of thiazole rings is 1. The van der Waals surface area contributed by atoms with Crippen LogP contribution in [-0.2, 0) is 22.4 Å². The Hall–Kier alpha value is -1.76. The predicted octanol–water partition coefficient (Wildman–Crippen LogP) is 3.13. The first kappa shape index (κ1) is 16.7. The number of nitrogens with one attached hydrogen (secondary N) is 1. The Bertz CT molecular complexity index is 774. The van der Waals surface area contributed by atoms with E-state index in [1.54, 1.807) is 0 Å². The standard InChI is InChI=1S/C19H23N3O2S/c20-10-15-7-8-17(24-15)18(23)22-19-21-16(11-25-19)14-6-5-12-3-1-2-4-13(12)9-14/h5-6,9,11,15,17H,1-4,7-8,10,20H2,(H,21,22,23)/t15-,17+/m1/s1. The summed E-state index contributed by atoms with van der Waals surface area (Å²) in [6, 6.07) is 6.61. The second-order valence-electron chi connectivity index (χ2n) is 6.78. The Morgan fingerprint density at radius 3 is 2.92 bits per heavy atom. The van der Waals surface area contributed by atoms with E-state index in [0.29, 0.717) is 11.7 Å². The summed E-state index contributed by atoms with van der Waals surface area (Å²) >= 11 is 1.45. The van der Waals surface area contributed by atoms with E-state index >= 15 is 0 Å². The van der Waals surface area contributed by atoms with Crippen molar-refractivity contribution in [1.82, 2.24) is 4.98 Å². The zero-order valence-electron chi connectivity index (χ0n) is 14.2. The molecule has 4 rings (SSSR count). The van der Waals surface area contributed by atoms with Gasteiger partial charge in [-0.2, -0.15) is 0 Å². The Kier molecular flexibility index (Phi) is 4.83. The van der Waals surface area contributed by atoms with Crippen LogP contribution in [-0.4, -0.2) is 29.6 Å². The number of carbonyl (C=O) groups is 1. The molecule has 2 aliphatic rings. The fraction of sp³-hybridized carbons (Fsp3) is 0.474. The van der Waals surface area contributed by atoms with Crippen LogP contribution in [0.3, 0.4) is 0 Å².